The van der Waals surface area contributed by atoms with Crippen molar-refractivity contribution in [2.45, 2.75) is 20.5 Å². The zero-order valence-corrected chi connectivity index (χ0v) is 18.4. The summed E-state index contributed by atoms with van der Waals surface area (Å²) in [5, 5.41) is 11.0. The van der Waals surface area contributed by atoms with E-state index in [0.29, 0.717) is 40.7 Å². The van der Waals surface area contributed by atoms with E-state index in [1.165, 1.54) is 17.0 Å². The van der Waals surface area contributed by atoms with Crippen LogP contribution in [0.4, 0.5) is 4.79 Å². The van der Waals surface area contributed by atoms with Crippen LogP contribution in [0, 0.1) is 0 Å². The number of amides is 2. The molecule has 2 aromatic carbocycles. The van der Waals surface area contributed by atoms with Crippen LogP contribution >= 0.6 is 23.4 Å². The van der Waals surface area contributed by atoms with Gasteiger partial charge in [0.25, 0.3) is 11.1 Å². The predicted octanol–water partition coefficient (Wildman–Crippen LogP) is 3.74. The minimum absolute atomic E-state index is 0.0496. The lowest BCUT2D eigenvalue weighted by Crippen LogP contribution is -2.27. The molecule has 9 heteroatoms. The van der Waals surface area contributed by atoms with Crippen LogP contribution in [0.25, 0.3) is 6.08 Å². The number of carbonyl (C=O) groups excluding carboxylic acids is 3. The molecule has 7 nitrogen and oxygen atoms in total. The summed E-state index contributed by atoms with van der Waals surface area (Å²) in [6.45, 7) is 4.26. The number of likely N-dealkylation sites (N-methyl/N-ethyl adjacent to an activating group) is 1. The Bertz CT molecular complexity index is 1070. The van der Waals surface area contributed by atoms with Crippen LogP contribution in [0.1, 0.15) is 35.3 Å². The number of hydrogen-bond acceptors (Lipinski definition) is 7. The van der Waals surface area contributed by atoms with Crippen molar-refractivity contribution in [3.8, 4) is 11.5 Å². The highest BCUT2D eigenvalue weighted by Crippen LogP contribution is 2.39. The molecule has 0 saturated carbocycles. The molecule has 1 saturated heterocycles. The molecule has 0 unspecified atom stereocenters. The van der Waals surface area contributed by atoms with Crippen molar-refractivity contribution in [1.29, 1.82) is 0 Å². The maximum atomic E-state index is 12.3. The van der Waals surface area contributed by atoms with Gasteiger partial charge in [0.15, 0.2) is 11.5 Å². The van der Waals surface area contributed by atoms with E-state index in [9.17, 15) is 19.5 Å². The summed E-state index contributed by atoms with van der Waals surface area (Å²) in [5.41, 5.74) is 1.26. The van der Waals surface area contributed by atoms with E-state index >= 15 is 0 Å². The fourth-order valence-corrected chi connectivity index (χ4v) is 4.12. The molecule has 1 heterocycles. The third-order valence-corrected chi connectivity index (χ3v) is 5.55. The summed E-state index contributed by atoms with van der Waals surface area (Å²) in [5.74, 6) is -0.959. The quantitative estimate of drug-likeness (QED) is 0.553. The maximum Gasteiger partial charge on any atom is 0.293 e. The number of carboxylic acid groups (broad SMARTS) is 1. The number of aromatic carboxylic acids is 1. The van der Waals surface area contributed by atoms with E-state index in [2.05, 4.69) is 0 Å². The molecule has 0 spiro atoms. The zero-order chi connectivity index (χ0) is 22.5. The van der Waals surface area contributed by atoms with E-state index in [1.54, 1.807) is 44.2 Å². The lowest BCUT2D eigenvalue weighted by atomic mass is 10.1. The molecule has 0 N–H and O–H groups in total. The van der Waals surface area contributed by atoms with Gasteiger partial charge in [-0.2, -0.15) is 0 Å². The molecule has 0 radical (unpaired) electrons. The molecule has 1 aliphatic rings. The fraction of sp³-hybridized carbons (Fsp3) is 0.227. The highest BCUT2D eigenvalue weighted by molar-refractivity contribution is 8.18. The summed E-state index contributed by atoms with van der Waals surface area (Å²) in [4.78, 5) is 36.7. The SMILES string of the molecule is CCOc1cc(/C=C2\SC(=O)N(CC)C2=O)cc(Cl)c1OCc1cccc(C(=O)[O-])c1. The molecule has 2 amide bonds. The van der Waals surface area contributed by atoms with Gasteiger partial charge in [-0.05, 0) is 66.6 Å². The average molecular weight is 461 g/mol. The molecule has 0 aliphatic carbocycles. The molecular weight excluding hydrogens is 442 g/mol. The van der Waals surface area contributed by atoms with Crippen LogP contribution in [0.3, 0.4) is 0 Å². The second kappa shape index (κ2) is 9.89. The Hall–Kier alpha value is -2.97. The zero-order valence-electron chi connectivity index (χ0n) is 16.8. The highest BCUT2D eigenvalue weighted by atomic mass is 35.5. The number of imide groups is 1. The molecular formula is C22H19ClNO6S-. The Morgan fingerprint density at radius 2 is 1.97 bits per heavy atom. The summed E-state index contributed by atoms with van der Waals surface area (Å²) >= 11 is 7.29. The number of carbonyl (C=O) groups is 3. The number of nitrogens with zero attached hydrogens (tertiary/aromatic N) is 1. The van der Waals surface area contributed by atoms with Gasteiger partial charge in [0.05, 0.1) is 22.5 Å². The van der Waals surface area contributed by atoms with Gasteiger partial charge in [-0.3, -0.25) is 14.5 Å². The number of ether oxygens (including phenoxy) is 2. The minimum Gasteiger partial charge on any atom is -0.545 e. The number of thioether (sulfide) groups is 1. The van der Waals surface area contributed by atoms with Crippen molar-refractivity contribution in [2.75, 3.05) is 13.2 Å². The summed E-state index contributed by atoms with van der Waals surface area (Å²) in [6, 6.07) is 9.49. The Labute approximate surface area is 188 Å². The first-order chi connectivity index (χ1) is 14.8. The van der Waals surface area contributed by atoms with Crippen molar-refractivity contribution >= 4 is 46.6 Å². The van der Waals surface area contributed by atoms with E-state index < -0.39 is 5.97 Å². The molecule has 3 rings (SSSR count). The molecule has 0 bridgehead atoms. The van der Waals surface area contributed by atoms with Gasteiger partial charge in [0, 0.05) is 6.54 Å². The van der Waals surface area contributed by atoms with Crippen molar-refractivity contribution in [3.63, 3.8) is 0 Å². The number of carboxylic acids is 1. The Morgan fingerprint density at radius 1 is 1.19 bits per heavy atom. The molecule has 1 fully saturated rings. The molecule has 31 heavy (non-hydrogen) atoms. The van der Waals surface area contributed by atoms with Crippen molar-refractivity contribution in [1.82, 2.24) is 4.90 Å². The first-order valence-electron chi connectivity index (χ1n) is 9.48. The van der Waals surface area contributed by atoms with Gasteiger partial charge in [0.2, 0.25) is 0 Å². The second-order valence-corrected chi connectivity index (χ2v) is 7.87. The number of rotatable bonds is 8. The Kier molecular flexibility index (Phi) is 7.25. The maximum absolute atomic E-state index is 12.3. The number of halogens is 1. The average Bonchev–Trinajstić information content (AvgIpc) is 3.00. The Balaban J connectivity index is 1.86. The van der Waals surface area contributed by atoms with Crippen LogP contribution < -0.4 is 14.6 Å². The first-order valence-corrected chi connectivity index (χ1v) is 10.7. The third-order valence-electron chi connectivity index (χ3n) is 4.37. The van der Waals surface area contributed by atoms with Gasteiger partial charge in [-0.1, -0.05) is 29.8 Å². The van der Waals surface area contributed by atoms with Crippen molar-refractivity contribution in [2.24, 2.45) is 0 Å². The molecule has 1 aliphatic heterocycles. The van der Waals surface area contributed by atoms with Gasteiger partial charge < -0.3 is 19.4 Å². The third kappa shape index (κ3) is 5.21. The molecule has 0 aromatic heterocycles. The second-order valence-electron chi connectivity index (χ2n) is 6.47. The summed E-state index contributed by atoms with van der Waals surface area (Å²) < 4.78 is 11.5. The smallest absolute Gasteiger partial charge is 0.293 e. The lowest BCUT2D eigenvalue weighted by Gasteiger charge is -2.15. The molecule has 2 aromatic rings. The monoisotopic (exact) mass is 460 g/mol. The molecule has 0 atom stereocenters. The standard InChI is InChI=1S/C22H20ClNO6S/c1-3-24-20(25)18(31-22(24)28)11-14-9-16(23)19(17(10-14)29-4-2)30-12-13-6-5-7-15(8-13)21(26)27/h5-11H,3-4,12H2,1-2H3,(H,26,27)/p-1/b18-11-. The van der Waals surface area contributed by atoms with Crippen molar-refractivity contribution in [3.05, 3.63) is 63.0 Å². The summed E-state index contributed by atoms with van der Waals surface area (Å²) in [6.07, 6.45) is 1.59. The summed E-state index contributed by atoms with van der Waals surface area (Å²) in [7, 11) is 0. The largest absolute Gasteiger partial charge is 0.545 e. The van der Waals surface area contributed by atoms with E-state index in [0.717, 1.165) is 11.8 Å². The normalized spacial score (nSPS) is 14.9. The Morgan fingerprint density at radius 3 is 2.61 bits per heavy atom. The van der Waals surface area contributed by atoms with Crippen LogP contribution in [0.5, 0.6) is 11.5 Å². The number of hydrogen-bond donors (Lipinski definition) is 0. The van der Waals surface area contributed by atoms with Crippen LogP contribution in [0.2, 0.25) is 5.02 Å². The van der Waals surface area contributed by atoms with Crippen molar-refractivity contribution < 1.29 is 29.0 Å². The van der Waals surface area contributed by atoms with E-state index in [1.807, 2.05) is 0 Å². The first kappa shape index (κ1) is 22.7. The van der Waals surface area contributed by atoms with Gasteiger partial charge >= 0.3 is 0 Å². The van der Waals surface area contributed by atoms with Gasteiger partial charge in [0.1, 0.15) is 6.61 Å². The highest BCUT2D eigenvalue weighted by Gasteiger charge is 2.33. The fourth-order valence-electron chi connectivity index (χ4n) is 2.94. The van der Waals surface area contributed by atoms with E-state index in [-0.39, 0.29) is 28.3 Å². The minimum atomic E-state index is -1.27. The number of benzene rings is 2. The van der Waals surface area contributed by atoms with Crippen LogP contribution in [-0.4, -0.2) is 35.2 Å². The van der Waals surface area contributed by atoms with Gasteiger partial charge in [-0.15, -0.1) is 0 Å². The predicted molar refractivity (Wildman–Crippen MR) is 116 cm³/mol. The molecule has 162 valence electrons. The lowest BCUT2D eigenvalue weighted by molar-refractivity contribution is -0.255. The topological polar surface area (TPSA) is 96.0 Å². The van der Waals surface area contributed by atoms with Gasteiger partial charge in [-0.25, -0.2) is 0 Å². The van der Waals surface area contributed by atoms with Crippen LogP contribution in [-0.2, 0) is 11.4 Å². The van der Waals surface area contributed by atoms with E-state index in [4.69, 9.17) is 21.1 Å². The van der Waals surface area contributed by atoms with Crippen LogP contribution in [0.15, 0.2) is 41.3 Å².